The predicted molar refractivity (Wildman–Crippen MR) is 153 cm³/mol. The van der Waals surface area contributed by atoms with Crippen molar-refractivity contribution in [3.05, 3.63) is 75.4 Å². The second-order valence-electron chi connectivity index (χ2n) is 11.0. The molecule has 12 heteroatoms. The van der Waals surface area contributed by atoms with Crippen LogP contribution in [0.1, 0.15) is 61.1 Å². The molecule has 5 rings (SSSR count). The van der Waals surface area contributed by atoms with Crippen LogP contribution in [-0.4, -0.2) is 60.2 Å². The number of hydrogen-bond acceptors (Lipinski definition) is 6. The summed E-state index contributed by atoms with van der Waals surface area (Å²) in [4.78, 5) is 27.3. The lowest BCUT2D eigenvalue weighted by atomic mass is 9.89. The fraction of sp³-hybridized carbons (Fsp3) is 0.357. The van der Waals surface area contributed by atoms with E-state index in [-0.39, 0.29) is 23.7 Å². The number of aromatic amines is 1. The van der Waals surface area contributed by atoms with Gasteiger partial charge in [-0.25, -0.2) is 5.10 Å². The van der Waals surface area contributed by atoms with Gasteiger partial charge in [0.05, 0.1) is 12.2 Å². The van der Waals surface area contributed by atoms with E-state index in [0.717, 1.165) is 35.4 Å². The first-order valence-corrected chi connectivity index (χ1v) is 13.8. The minimum atomic E-state index is -0.400. The van der Waals surface area contributed by atoms with Gasteiger partial charge in [-0.05, 0) is 65.2 Å². The molecule has 0 aliphatic carbocycles. The van der Waals surface area contributed by atoms with Crippen molar-refractivity contribution in [2.75, 3.05) is 18.4 Å². The monoisotopic (exact) mass is 580 g/mol. The van der Waals surface area contributed by atoms with E-state index in [1.165, 1.54) is 0 Å². The molecule has 0 atom stereocenters. The summed E-state index contributed by atoms with van der Waals surface area (Å²) in [5, 5.41) is 21.7. The number of tetrazole rings is 1. The quantitative estimate of drug-likeness (QED) is 0.314. The molecule has 208 valence electrons. The van der Waals surface area contributed by atoms with Crippen LogP contribution >= 0.6 is 23.2 Å². The Balaban J connectivity index is 1.38. The molecule has 40 heavy (non-hydrogen) atoms. The highest BCUT2D eigenvalue weighted by Crippen LogP contribution is 2.34. The Bertz CT molecular complexity index is 1480. The van der Waals surface area contributed by atoms with Gasteiger partial charge in [-0.2, -0.15) is 5.10 Å². The normalized spacial score (nSPS) is 14.4. The first kappa shape index (κ1) is 27.8. The van der Waals surface area contributed by atoms with Crippen LogP contribution in [-0.2, 0) is 11.3 Å². The van der Waals surface area contributed by atoms with Crippen molar-refractivity contribution in [1.82, 2.24) is 35.3 Å². The van der Waals surface area contributed by atoms with Crippen molar-refractivity contribution in [2.24, 2.45) is 5.41 Å². The van der Waals surface area contributed by atoms with Crippen LogP contribution in [0.5, 0.6) is 0 Å². The van der Waals surface area contributed by atoms with Crippen LogP contribution in [0.15, 0.2) is 48.5 Å². The molecule has 3 heterocycles. The van der Waals surface area contributed by atoms with Gasteiger partial charge in [-0.1, -0.05) is 61.2 Å². The molecule has 4 aromatic rings. The van der Waals surface area contributed by atoms with E-state index < -0.39 is 5.41 Å². The lowest BCUT2D eigenvalue weighted by Crippen LogP contribution is -2.43. The highest BCUT2D eigenvalue weighted by Gasteiger charge is 2.32. The number of halogens is 2. The number of piperidine rings is 1. The molecule has 1 aliphatic rings. The van der Waals surface area contributed by atoms with Crippen LogP contribution in [0.2, 0.25) is 10.0 Å². The van der Waals surface area contributed by atoms with Gasteiger partial charge in [0.2, 0.25) is 11.9 Å². The summed E-state index contributed by atoms with van der Waals surface area (Å²) in [6.07, 6.45) is 1.69. The summed E-state index contributed by atoms with van der Waals surface area (Å²) >= 11 is 12.6. The molecule has 1 fully saturated rings. The summed E-state index contributed by atoms with van der Waals surface area (Å²) in [5.74, 6) is 0.277. The maximum absolute atomic E-state index is 12.8. The minimum Gasteiger partial charge on any atom is -0.342 e. The number of carbonyl (C=O) groups excluding carboxylic acids is 2. The number of hydrogen-bond donors (Lipinski definition) is 2. The molecule has 2 amide bonds. The van der Waals surface area contributed by atoms with Crippen molar-refractivity contribution >= 4 is 41.0 Å². The Labute approximate surface area is 242 Å². The first-order valence-electron chi connectivity index (χ1n) is 13.0. The summed E-state index contributed by atoms with van der Waals surface area (Å²) in [7, 11) is 0. The molecule has 10 nitrogen and oxygen atoms in total. The maximum atomic E-state index is 12.8. The number of likely N-dealkylation sites (tertiary alicyclic amines) is 1. The number of H-pyrrole nitrogens is 1. The number of nitrogens with zero attached hydrogens (tertiary/aromatic N) is 6. The molecular formula is C28H30Cl2N8O2. The van der Waals surface area contributed by atoms with E-state index in [1.54, 1.807) is 18.2 Å². The number of benzene rings is 2. The maximum Gasteiger partial charge on any atom is 0.258 e. The lowest BCUT2D eigenvalue weighted by molar-refractivity contribution is -0.140. The van der Waals surface area contributed by atoms with Gasteiger partial charge in [0.25, 0.3) is 5.91 Å². The molecule has 0 radical (unpaired) electrons. The number of rotatable bonds is 6. The third-order valence-electron chi connectivity index (χ3n) is 6.94. The zero-order chi connectivity index (χ0) is 28.4. The van der Waals surface area contributed by atoms with E-state index >= 15 is 0 Å². The van der Waals surface area contributed by atoms with Crippen LogP contribution in [0.25, 0.3) is 11.3 Å². The van der Waals surface area contributed by atoms with Gasteiger partial charge in [0.15, 0.2) is 0 Å². The highest BCUT2D eigenvalue weighted by atomic mass is 35.5. The van der Waals surface area contributed by atoms with Crippen molar-refractivity contribution < 1.29 is 9.59 Å². The molecule has 0 bridgehead atoms. The molecular weight excluding hydrogens is 551 g/mol. The summed E-state index contributed by atoms with van der Waals surface area (Å²) in [6.45, 7) is 7.79. The molecule has 1 aliphatic heterocycles. The smallest absolute Gasteiger partial charge is 0.258 e. The Hall–Kier alpha value is -3.76. The zero-order valence-corrected chi connectivity index (χ0v) is 24.0. The summed E-state index contributed by atoms with van der Waals surface area (Å²) in [6, 6.07) is 14.8. The first-order chi connectivity index (χ1) is 19.1. The van der Waals surface area contributed by atoms with Gasteiger partial charge < -0.3 is 4.90 Å². The number of nitrogens with one attached hydrogen (secondary N) is 2. The third-order valence-corrected chi connectivity index (χ3v) is 7.37. The lowest BCUT2D eigenvalue weighted by Gasteiger charge is -2.35. The molecule has 0 unspecified atom stereocenters. The fourth-order valence-corrected chi connectivity index (χ4v) is 5.43. The Morgan fingerprint density at radius 1 is 1.02 bits per heavy atom. The van der Waals surface area contributed by atoms with Gasteiger partial charge in [-0.3, -0.25) is 19.6 Å². The third kappa shape index (κ3) is 6.34. The van der Waals surface area contributed by atoms with Crippen molar-refractivity contribution in [3.8, 4) is 11.3 Å². The Kier molecular flexibility index (Phi) is 7.91. The van der Waals surface area contributed by atoms with Gasteiger partial charge in [0.1, 0.15) is 0 Å². The largest absolute Gasteiger partial charge is 0.342 e. The van der Waals surface area contributed by atoms with Crippen molar-refractivity contribution in [3.63, 3.8) is 0 Å². The number of anilines is 1. The Morgan fingerprint density at radius 2 is 1.70 bits per heavy atom. The summed E-state index contributed by atoms with van der Waals surface area (Å²) < 4.78 is 2.01. The van der Waals surface area contributed by atoms with Gasteiger partial charge in [-0.15, -0.1) is 0 Å². The predicted octanol–water partition coefficient (Wildman–Crippen LogP) is 5.42. The average molecular weight is 582 g/mol. The molecule has 0 saturated carbocycles. The molecule has 0 spiro atoms. The average Bonchev–Trinajstić information content (AvgIpc) is 3.58. The van der Waals surface area contributed by atoms with Crippen molar-refractivity contribution in [1.29, 1.82) is 0 Å². The van der Waals surface area contributed by atoms with Crippen LogP contribution in [0, 0.1) is 5.41 Å². The summed E-state index contributed by atoms with van der Waals surface area (Å²) in [5.41, 5.74) is 3.77. The van der Waals surface area contributed by atoms with E-state index in [9.17, 15) is 9.59 Å². The SMILES string of the molecule is CC(C)(C)C(=O)N1CCC(c2cc(-c3cc(Cl)cc(Cl)c3)nn2Cc2ccc(C(=O)Nc3nnn[nH]3)cc2)CC1. The fourth-order valence-electron chi connectivity index (χ4n) is 4.91. The van der Waals surface area contributed by atoms with Crippen LogP contribution in [0.3, 0.4) is 0 Å². The van der Waals surface area contributed by atoms with E-state index in [4.69, 9.17) is 28.3 Å². The molecule has 1 saturated heterocycles. The molecule has 2 aromatic heterocycles. The van der Waals surface area contributed by atoms with Gasteiger partial charge in [0, 0.05) is 51.3 Å². The molecule has 2 N–H and O–H groups in total. The number of aromatic nitrogens is 6. The zero-order valence-electron chi connectivity index (χ0n) is 22.5. The van der Waals surface area contributed by atoms with Crippen LogP contribution in [0.4, 0.5) is 5.95 Å². The Morgan fingerprint density at radius 3 is 2.30 bits per heavy atom. The minimum absolute atomic E-state index is 0.178. The number of carbonyl (C=O) groups is 2. The highest BCUT2D eigenvalue weighted by molar-refractivity contribution is 6.35. The topological polar surface area (TPSA) is 122 Å². The van der Waals surface area contributed by atoms with Gasteiger partial charge >= 0.3 is 0 Å². The standard InChI is InChI=1S/C28H30Cl2N8O2/c1-28(2,3)26(40)37-10-8-18(9-11-37)24-15-23(20-12-21(29)14-22(30)13-20)34-38(24)16-17-4-6-19(7-5-17)25(39)31-27-32-35-36-33-27/h4-7,12-15,18H,8-11,16H2,1-3H3,(H2,31,32,33,35,36,39). The van der Waals surface area contributed by atoms with Crippen LogP contribution < -0.4 is 5.32 Å². The van der Waals surface area contributed by atoms with E-state index in [2.05, 4.69) is 32.0 Å². The second-order valence-corrected chi connectivity index (χ2v) is 11.9. The second kappa shape index (κ2) is 11.4. The number of amides is 2. The van der Waals surface area contributed by atoms with E-state index in [1.807, 2.05) is 54.6 Å². The molecule has 2 aromatic carbocycles. The van der Waals surface area contributed by atoms with E-state index in [0.29, 0.717) is 35.2 Å². The van der Waals surface area contributed by atoms with Crippen molar-refractivity contribution in [2.45, 2.75) is 46.1 Å².